The highest BCUT2D eigenvalue weighted by Gasteiger charge is 2.19. The summed E-state index contributed by atoms with van der Waals surface area (Å²) >= 11 is 6.04. The van der Waals surface area contributed by atoms with Crippen molar-refractivity contribution in [2.75, 3.05) is 37.8 Å². The first kappa shape index (κ1) is 14.5. The lowest BCUT2D eigenvalue weighted by atomic mass is 10.00. The summed E-state index contributed by atoms with van der Waals surface area (Å²) in [6, 6.07) is 6.36. The number of nitrogens with two attached hydrogens (primary N) is 1. The number of nitrogen functional groups attached to an aromatic ring is 1. The minimum atomic E-state index is 0.705. The van der Waals surface area contributed by atoms with Gasteiger partial charge in [0, 0.05) is 24.7 Å². The normalized spacial score (nSPS) is 20.5. The van der Waals surface area contributed by atoms with Gasteiger partial charge in [-0.2, -0.15) is 0 Å². The third-order valence-electron chi connectivity index (χ3n) is 4.12. The van der Waals surface area contributed by atoms with Crippen LogP contribution in [0.5, 0.6) is 0 Å². The molecule has 19 heavy (non-hydrogen) atoms. The van der Waals surface area contributed by atoms with Crippen molar-refractivity contribution < 1.29 is 0 Å². The molecule has 1 aliphatic rings. The van der Waals surface area contributed by atoms with E-state index >= 15 is 0 Å². The van der Waals surface area contributed by atoms with E-state index in [-0.39, 0.29) is 0 Å². The Hall–Kier alpha value is -0.930. The first-order chi connectivity index (χ1) is 9.08. The van der Waals surface area contributed by atoms with Gasteiger partial charge in [0.25, 0.3) is 0 Å². The Morgan fingerprint density at radius 3 is 2.95 bits per heavy atom. The summed E-state index contributed by atoms with van der Waals surface area (Å²) in [4.78, 5) is 4.70. The van der Waals surface area contributed by atoms with Crippen LogP contribution in [0.4, 0.5) is 11.4 Å². The number of likely N-dealkylation sites (tertiary alicyclic amines) is 1. The largest absolute Gasteiger partial charge is 0.397 e. The SMILES string of the molecule is CN(CCC1CCCCN1C)c1cc(Cl)ccc1N. The highest BCUT2D eigenvalue weighted by molar-refractivity contribution is 6.31. The molecule has 0 aliphatic carbocycles. The van der Waals surface area contributed by atoms with Gasteiger partial charge in [0.05, 0.1) is 11.4 Å². The molecule has 0 amide bonds. The molecular weight excluding hydrogens is 258 g/mol. The smallest absolute Gasteiger partial charge is 0.0612 e. The standard InChI is InChI=1S/C15H24ClN3/c1-18-9-4-3-5-13(18)8-10-19(2)15-11-12(16)6-7-14(15)17/h6-7,11,13H,3-5,8-10,17H2,1-2H3. The summed E-state index contributed by atoms with van der Waals surface area (Å²) < 4.78 is 0. The van der Waals surface area contributed by atoms with Crippen molar-refractivity contribution in [1.29, 1.82) is 0 Å². The Kier molecular flexibility index (Phi) is 4.94. The van der Waals surface area contributed by atoms with Crippen LogP contribution in [0.1, 0.15) is 25.7 Å². The van der Waals surface area contributed by atoms with Crippen LogP contribution in [0, 0.1) is 0 Å². The number of benzene rings is 1. The highest BCUT2D eigenvalue weighted by Crippen LogP contribution is 2.27. The highest BCUT2D eigenvalue weighted by atomic mass is 35.5. The number of halogens is 1. The fraction of sp³-hybridized carbons (Fsp3) is 0.600. The van der Waals surface area contributed by atoms with Gasteiger partial charge in [0.1, 0.15) is 0 Å². The van der Waals surface area contributed by atoms with E-state index in [1.165, 1.54) is 32.2 Å². The molecule has 1 aromatic rings. The van der Waals surface area contributed by atoms with Crippen LogP contribution in [-0.4, -0.2) is 38.1 Å². The maximum absolute atomic E-state index is 6.04. The molecule has 0 saturated carbocycles. The lowest BCUT2D eigenvalue weighted by Gasteiger charge is -2.34. The molecule has 1 unspecified atom stereocenters. The summed E-state index contributed by atoms with van der Waals surface area (Å²) in [5.74, 6) is 0. The van der Waals surface area contributed by atoms with E-state index in [9.17, 15) is 0 Å². The van der Waals surface area contributed by atoms with E-state index in [0.29, 0.717) is 6.04 Å². The summed E-state index contributed by atoms with van der Waals surface area (Å²) in [6.45, 7) is 2.24. The number of nitrogens with zero attached hydrogens (tertiary/aromatic N) is 2. The molecule has 0 radical (unpaired) electrons. The molecule has 1 aromatic carbocycles. The van der Waals surface area contributed by atoms with Gasteiger partial charge in [-0.05, 0) is 51.1 Å². The van der Waals surface area contributed by atoms with Crippen LogP contribution < -0.4 is 10.6 Å². The lowest BCUT2D eigenvalue weighted by Crippen LogP contribution is -2.38. The molecule has 1 aliphatic heterocycles. The van der Waals surface area contributed by atoms with Crippen LogP contribution in [0.15, 0.2) is 18.2 Å². The van der Waals surface area contributed by atoms with Crippen LogP contribution >= 0.6 is 11.6 Å². The third kappa shape index (κ3) is 3.77. The van der Waals surface area contributed by atoms with E-state index in [0.717, 1.165) is 22.9 Å². The summed E-state index contributed by atoms with van der Waals surface area (Å²) in [6.07, 6.45) is 5.19. The van der Waals surface area contributed by atoms with Crippen LogP contribution in [0.2, 0.25) is 5.02 Å². The number of hydrogen-bond acceptors (Lipinski definition) is 3. The predicted molar refractivity (Wildman–Crippen MR) is 84.0 cm³/mol. The fourth-order valence-electron chi connectivity index (χ4n) is 2.82. The van der Waals surface area contributed by atoms with Crippen molar-refractivity contribution >= 4 is 23.0 Å². The van der Waals surface area contributed by atoms with Gasteiger partial charge in [-0.3, -0.25) is 0 Å². The second-order valence-corrected chi connectivity index (χ2v) is 5.98. The number of rotatable bonds is 4. The Balaban J connectivity index is 1.93. The van der Waals surface area contributed by atoms with Crippen LogP contribution in [0.3, 0.4) is 0 Å². The molecule has 106 valence electrons. The molecule has 0 aromatic heterocycles. The molecule has 1 atom stereocenters. The van der Waals surface area contributed by atoms with Gasteiger partial charge in [0.15, 0.2) is 0 Å². The fourth-order valence-corrected chi connectivity index (χ4v) is 2.99. The first-order valence-electron chi connectivity index (χ1n) is 7.04. The molecule has 1 heterocycles. The van der Waals surface area contributed by atoms with Crippen LogP contribution in [0.25, 0.3) is 0 Å². The van der Waals surface area contributed by atoms with Crippen molar-refractivity contribution in [2.24, 2.45) is 0 Å². The van der Waals surface area contributed by atoms with Crippen molar-refractivity contribution in [3.63, 3.8) is 0 Å². The third-order valence-corrected chi connectivity index (χ3v) is 4.36. The van der Waals surface area contributed by atoms with Gasteiger partial charge < -0.3 is 15.5 Å². The minimum Gasteiger partial charge on any atom is -0.397 e. The summed E-state index contributed by atoms with van der Waals surface area (Å²) in [5.41, 5.74) is 7.84. The molecule has 2 N–H and O–H groups in total. The summed E-state index contributed by atoms with van der Waals surface area (Å²) in [5, 5.41) is 0.742. The summed E-state index contributed by atoms with van der Waals surface area (Å²) in [7, 11) is 4.32. The lowest BCUT2D eigenvalue weighted by molar-refractivity contribution is 0.178. The van der Waals surface area contributed by atoms with Gasteiger partial charge in [-0.25, -0.2) is 0 Å². The van der Waals surface area contributed by atoms with Gasteiger partial charge in [-0.1, -0.05) is 18.0 Å². The second-order valence-electron chi connectivity index (χ2n) is 5.54. The van der Waals surface area contributed by atoms with Crippen LogP contribution in [-0.2, 0) is 0 Å². The van der Waals surface area contributed by atoms with Gasteiger partial charge >= 0.3 is 0 Å². The van der Waals surface area contributed by atoms with E-state index < -0.39 is 0 Å². The Morgan fingerprint density at radius 1 is 1.42 bits per heavy atom. The molecule has 2 rings (SSSR count). The zero-order chi connectivity index (χ0) is 13.8. The zero-order valence-electron chi connectivity index (χ0n) is 11.9. The second kappa shape index (κ2) is 6.49. The average molecular weight is 282 g/mol. The minimum absolute atomic E-state index is 0.705. The number of piperidine rings is 1. The monoisotopic (exact) mass is 281 g/mol. The molecular formula is C15H24ClN3. The molecule has 1 fully saturated rings. The van der Waals surface area contributed by atoms with Crippen molar-refractivity contribution in [3.05, 3.63) is 23.2 Å². The zero-order valence-corrected chi connectivity index (χ0v) is 12.7. The Morgan fingerprint density at radius 2 is 2.21 bits per heavy atom. The molecule has 0 bridgehead atoms. The Bertz CT molecular complexity index is 422. The van der Waals surface area contributed by atoms with Gasteiger partial charge in [-0.15, -0.1) is 0 Å². The molecule has 3 nitrogen and oxygen atoms in total. The number of hydrogen-bond donors (Lipinski definition) is 1. The first-order valence-corrected chi connectivity index (χ1v) is 7.42. The predicted octanol–water partition coefficient (Wildman–Crippen LogP) is 3.23. The maximum atomic E-state index is 6.04. The molecule has 4 heteroatoms. The van der Waals surface area contributed by atoms with E-state index in [1.54, 1.807) is 0 Å². The molecule has 1 saturated heterocycles. The van der Waals surface area contributed by atoms with E-state index in [2.05, 4.69) is 23.9 Å². The van der Waals surface area contributed by atoms with E-state index in [4.69, 9.17) is 17.3 Å². The Labute approximate surface area is 121 Å². The van der Waals surface area contributed by atoms with Crippen molar-refractivity contribution in [1.82, 2.24) is 4.90 Å². The topological polar surface area (TPSA) is 32.5 Å². The van der Waals surface area contributed by atoms with Gasteiger partial charge in [0.2, 0.25) is 0 Å². The molecule has 0 spiro atoms. The van der Waals surface area contributed by atoms with Crippen molar-refractivity contribution in [3.8, 4) is 0 Å². The van der Waals surface area contributed by atoms with Crippen molar-refractivity contribution in [2.45, 2.75) is 31.7 Å². The van der Waals surface area contributed by atoms with E-state index in [1.807, 2.05) is 18.2 Å². The maximum Gasteiger partial charge on any atom is 0.0612 e. The quantitative estimate of drug-likeness (QED) is 0.860. The number of anilines is 2. The average Bonchev–Trinajstić information content (AvgIpc) is 2.40.